The molecule has 1 aliphatic carbocycles. The van der Waals surface area contributed by atoms with E-state index in [1.165, 1.54) is 5.56 Å². The predicted octanol–water partition coefficient (Wildman–Crippen LogP) is 2.78. The summed E-state index contributed by atoms with van der Waals surface area (Å²) in [4.78, 5) is 16.8. The average molecular weight is 303 g/mol. The number of likely N-dealkylation sites (N-methyl/N-ethyl adjacent to an activating group) is 1. The molecule has 108 valence electrons. The number of H-pyrrole nitrogens is 1. The van der Waals surface area contributed by atoms with E-state index >= 15 is 0 Å². The van der Waals surface area contributed by atoms with Gasteiger partial charge >= 0.3 is 5.97 Å². The molecular weight excluding hydrogens is 288 g/mol. The van der Waals surface area contributed by atoms with Gasteiger partial charge in [-0.15, -0.1) is 0 Å². The Kier molecular flexibility index (Phi) is 2.68. The summed E-state index contributed by atoms with van der Waals surface area (Å²) in [6, 6.07) is 4.06. The number of benzene rings is 1. The van der Waals surface area contributed by atoms with Crippen LogP contribution in [0.1, 0.15) is 11.1 Å². The zero-order chi connectivity index (χ0) is 14.7. The lowest BCUT2D eigenvalue weighted by Gasteiger charge is -2.39. The number of carboxylic acid groups (broad SMARTS) is 1. The summed E-state index contributed by atoms with van der Waals surface area (Å²) >= 11 is 6.44. The van der Waals surface area contributed by atoms with E-state index in [9.17, 15) is 9.90 Å². The lowest BCUT2D eigenvalue weighted by atomic mass is 9.80. The van der Waals surface area contributed by atoms with Crippen LogP contribution in [0.4, 0.5) is 0 Å². The van der Waals surface area contributed by atoms with Gasteiger partial charge in [0.2, 0.25) is 0 Å². The van der Waals surface area contributed by atoms with E-state index in [0.717, 1.165) is 28.5 Å². The molecule has 2 aliphatic rings. The van der Waals surface area contributed by atoms with E-state index in [-0.39, 0.29) is 6.04 Å². The van der Waals surface area contributed by atoms with Crippen LogP contribution < -0.4 is 0 Å². The maximum Gasteiger partial charge on any atom is 0.311 e. The molecule has 0 bridgehead atoms. The van der Waals surface area contributed by atoms with E-state index in [2.05, 4.69) is 9.88 Å². The molecule has 21 heavy (non-hydrogen) atoms. The minimum Gasteiger partial charge on any atom is -0.481 e. The number of aromatic nitrogens is 1. The molecule has 1 aliphatic heterocycles. The third-order valence-electron chi connectivity index (χ3n) is 4.65. The summed E-state index contributed by atoms with van der Waals surface area (Å²) in [6.07, 6.45) is 4.82. The van der Waals surface area contributed by atoms with Crippen molar-refractivity contribution in [2.24, 2.45) is 5.92 Å². The molecule has 0 fully saturated rings. The Balaban J connectivity index is 2.01. The first kappa shape index (κ1) is 12.9. The number of aliphatic carboxylic acids is 1. The Morgan fingerprint density at radius 1 is 1.48 bits per heavy atom. The fourth-order valence-corrected chi connectivity index (χ4v) is 3.91. The molecule has 0 amide bonds. The molecule has 4 nitrogen and oxygen atoms in total. The van der Waals surface area contributed by atoms with Crippen LogP contribution in [0.2, 0.25) is 5.02 Å². The third-order valence-corrected chi connectivity index (χ3v) is 4.97. The maximum atomic E-state index is 11.4. The number of nitrogens with one attached hydrogen (secondary N) is 1. The van der Waals surface area contributed by atoms with Crippen molar-refractivity contribution in [3.05, 3.63) is 40.6 Å². The number of carboxylic acids is 1. The molecule has 1 aromatic heterocycles. The van der Waals surface area contributed by atoms with E-state index in [0.29, 0.717) is 11.6 Å². The van der Waals surface area contributed by atoms with E-state index in [4.69, 9.17) is 11.6 Å². The Hall–Kier alpha value is -1.78. The fourth-order valence-electron chi connectivity index (χ4n) is 3.64. The van der Waals surface area contributed by atoms with Gasteiger partial charge in [0.25, 0.3) is 0 Å². The predicted molar refractivity (Wildman–Crippen MR) is 82.5 cm³/mol. The van der Waals surface area contributed by atoms with Crippen LogP contribution in [0, 0.1) is 5.92 Å². The molecule has 0 radical (unpaired) electrons. The van der Waals surface area contributed by atoms with Gasteiger partial charge in [-0.2, -0.15) is 0 Å². The topological polar surface area (TPSA) is 56.3 Å². The van der Waals surface area contributed by atoms with Gasteiger partial charge in [0.15, 0.2) is 0 Å². The second-order valence-corrected chi connectivity index (χ2v) is 6.29. The standard InChI is InChI=1S/C16H15ClN2O2/c1-19-7-9(16(20)21)4-10-13(19)5-8-6-18-12-3-2-11(17)15(10)14(8)12/h2-4,6,9,13,18H,5,7H2,1H3,(H,20,21)/t9-,13-/m1/s1. The van der Waals surface area contributed by atoms with Crippen LogP contribution in [-0.4, -0.2) is 40.6 Å². The number of rotatable bonds is 1. The van der Waals surface area contributed by atoms with E-state index < -0.39 is 11.9 Å². The van der Waals surface area contributed by atoms with Crippen LogP contribution in [0.5, 0.6) is 0 Å². The highest BCUT2D eigenvalue weighted by atomic mass is 35.5. The highest BCUT2D eigenvalue weighted by Crippen LogP contribution is 2.43. The van der Waals surface area contributed by atoms with Crippen molar-refractivity contribution in [1.29, 1.82) is 0 Å². The smallest absolute Gasteiger partial charge is 0.311 e. The van der Waals surface area contributed by atoms with Gasteiger partial charge in [0.05, 0.1) is 5.92 Å². The van der Waals surface area contributed by atoms with E-state index in [1.54, 1.807) is 0 Å². The monoisotopic (exact) mass is 302 g/mol. The number of nitrogens with zero attached hydrogens (tertiary/aromatic N) is 1. The maximum absolute atomic E-state index is 11.4. The summed E-state index contributed by atoms with van der Waals surface area (Å²) in [5, 5.41) is 11.2. The molecule has 0 saturated heterocycles. The number of aromatic amines is 1. The van der Waals surface area contributed by atoms with Crippen LogP contribution in [0.15, 0.2) is 24.4 Å². The fraction of sp³-hybridized carbons (Fsp3) is 0.312. The first-order chi connectivity index (χ1) is 10.1. The van der Waals surface area contributed by atoms with Crippen molar-refractivity contribution in [3.8, 4) is 0 Å². The largest absolute Gasteiger partial charge is 0.481 e. The second-order valence-electron chi connectivity index (χ2n) is 5.89. The molecule has 0 saturated carbocycles. The highest BCUT2D eigenvalue weighted by molar-refractivity contribution is 6.34. The van der Waals surface area contributed by atoms with Gasteiger partial charge in [0.1, 0.15) is 0 Å². The highest BCUT2D eigenvalue weighted by Gasteiger charge is 2.36. The van der Waals surface area contributed by atoms with Crippen molar-refractivity contribution < 1.29 is 9.90 Å². The van der Waals surface area contributed by atoms with Crippen LogP contribution in [0.3, 0.4) is 0 Å². The van der Waals surface area contributed by atoms with E-state index in [1.807, 2.05) is 31.5 Å². The van der Waals surface area contributed by atoms with Crippen LogP contribution >= 0.6 is 11.6 Å². The summed E-state index contributed by atoms with van der Waals surface area (Å²) < 4.78 is 0. The molecule has 5 heteroatoms. The van der Waals surface area contributed by atoms with Gasteiger partial charge in [-0.25, -0.2) is 0 Å². The van der Waals surface area contributed by atoms with Crippen molar-refractivity contribution in [2.75, 3.05) is 13.6 Å². The molecule has 2 heterocycles. The Morgan fingerprint density at radius 3 is 3.05 bits per heavy atom. The summed E-state index contributed by atoms with van der Waals surface area (Å²) in [5.41, 5.74) is 4.37. The van der Waals surface area contributed by atoms with Gasteiger partial charge in [-0.05, 0) is 36.7 Å². The molecule has 4 rings (SSSR count). The second kappa shape index (κ2) is 4.36. The van der Waals surface area contributed by atoms with Crippen molar-refractivity contribution in [1.82, 2.24) is 9.88 Å². The Labute approximate surface area is 127 Å². The number of carbonyl (C=O) groups is 1. The Morgan fingerprint density at radius 2 is 2.29 bits per heavy atom. The number of halogens is 1. The molecule has 2 aromatic rings. The SMILES string of the molecule is CN1C[C@H](C(=O)O)C=C2c3c(Cl)ccc4[nH]cc(c34)C[C@H]21. The average Bonchev–Trinajstić information content (AvgIpc) is 2.86. The van der Waals surface area contributed by atoms with Gasteiger partial charge in [-0.1, -0.05) is 17.7 Å². The molecule has 2 N–H and O–H groups in total. The van der Waals surface area contributed by atoms with Crippen LogP contribution in [0.25, 0.3) is 16.5 Å². The first-order valence-corrected chi connectivity index (χ1v) is 7.37. The zero-order valence-corrected chi connectivity index (χ0v) is 12.3. The van der Waals surface area contributed by atoms with Crippen molar-refractivity contribution >= 4 is 34.0 Å². The van der Waals surface area contributed by atoms with Crippen molar-refractivity contribution in [3.63, 3.8) is 0 Å². The van der Waals surface area contributed by atoms with Gasteiger partial charge < -0.3 is 10.1 Å². The van der Waals surface area contributed by atoms with Crippen LogP contribution in [-0.2, 0) is 11.2 Å². The minimum atomic E-state index is -0.782. The molecule has 1 aromatic carbocycles. The van der Waals surface area contributed by atoms with Gasteiger partial charge in [-0.3, -0.25) is 9.69 Å². The number of fused-ring (bicyclic) bond motifs is 2. The molecule has 0 spiro atoms. The van der Waals surface area contributed by atoms with Gasteiger partial charge in [0, 0.05) is 40.3 Å². The minimum absolute atomic E-state index is 0.201. The quantitative estimate of drug-likeness (QED) is 0.851. The van der Waals surface area contributed by atoms with Crippen molar-refractivity contribution in [2.45, 2.75) is 12.5 Å². The lowest BCUT2D eigenvalue weighted by molar-refractivity contribution is -0.140. The Bertz CT molecular complexity index is 793. The number of hydrogen-bond donors (Lipinski definition) is 2. The number of hydrogen-bond acceptors (Lipinski definition) is 2. The zero-order valence-electron chi connectivity index (χ0n) is 11.6. The molecular formula is C16H15ClN2O2. The third kappa shape index (κ3) is 1.76. The lowest BCUT2D eigenvalue weighted by Crippen LogP contribution is -2.44. The summed E-state index contributed by atoms with van der Waals surface area (Å²) in [5.74, 6) is -1.26. The molecule has 2 atom stereocenters. The molecule has 0 unspecified atom stereocenters. The summed E-state index contributed by atoms with van der Waals surface area (Å²) in [6.45, 7) is 0.539. The normalized spacial score (nSPS) is 24.8. The first-order valence-electron chi connectivity index (χ1n) is 7.00. The summed E-state index contributed by atoms with van der Waals surface area (Å²) in [7, 11) is 1.99.